The van der Waals surface area contributed by atoms with Crippen molar-refractivity contribution in [3.8, 4) is 17.7 Å². The van der Waals surface area contributed by atoms with Crippen LogP contribution in [0.1, 0.15) is 31.3 Å². The Morgan fingerprint density at radius 1 is 1.25 bits per heavy atom. The van der Waals surface area contributed by atoms with E-state index in [1.54, 1.807) is 6.20 Å². The lowest BCUT2D eigenvalue weighted by atomic mass is 10.1. The Hall–Kier alpha value is -2.99. The van der Waals surface area contributed by atoms with Gasteiger partial charge in [0.25, 0.3) is 5.88 Å². The molecule has 0 aromatic carbocycles. The van der Waals surface area contributed by atoms with Crippen LogP contribution in [0.4, 0.5) is 10.2 Å². The lowest BCUT2D eigenvalue weighted by Crippen LogP contribution is -2.53. The maximum absolute atomic E-state index is 14.6. The fourth-order valence-electron chi connectivity index (χ4n) is 3.71. The van der Waals surface area contributed by atoms with Gasteiger partial charge in [-0.25, -0.2) is 19.3 Å². The van der Waals surface area contributed by atoms with Gasteiger partial charge in [0.1, 0.15) is 30.9 Å². The molecule has 2 atom stereocenters. The molecule has 9 heteroatoms. The van der Waals surface area contributed by atoms with Crippen LogP contribution < -0.4 is 14.4 Å². The Morgan fingerprint density at radius 3 is 2.79 bits per heavy atom. The van der Waals surface area contributed by atoms with Gasteiger partial charge in [0.15, 0.2) is 11.4 Å². The second-order valence-corrected chi connectivity index (χ2v) is 6.94. The molecule has 8 nitrogen and oxygen atoms in total. The lowest BCUT2D eigenvalue weighted by molar-refractivity contribution is 0.128. The van der Waals surface area contributed by atoms with Gasteiger partial charge in [-0.2, -0.15) is 5.26 Å². The SMILES string of the molecule is C[C@H](c1nc2c(cc1F)OCCO2)N1CCN(c2cnc(C#N)cn2)C[C@@H]1C. The van der Waals surface area contributed by atoms with Crippen LogP contribution in [0.3, 0.4) is 0 Å². The lowest BCUT2D eigenvalue weighted by Gasteiger charge is -2.43. The second-order valence-electron chi connectivity index (χ2n) is 6.94. The molecule has 2 aliphatic heterocycles. The van der Waals surface area contributed by atoms with Crippen molar-refractivity contribution in [1.82, 2.24) is 19.9 Å². The Balaban J connectivity index is 1.49. The Labute approximate surface area is 162 Å². The molecule has 2 aliphatic rings. The number of aromatic nitrogens is 3. The summed E-state index contributed by atoms with van der Waals surface area (Å²) < 4.78 is 25.6. The number of nitriles is 1. The first-order chi connectivity index (χ1) is 13.6. The summed E-state index contributed by atoms with van der Waals surface area (Å²) >= 11 is 0. The van der Waals surface area contributed by atoms with Gasteiger partial charge < -0.3 is 14.4 Å². The molecule has 0 spiro atoms. The summed E-state index contributed by atoms with van der Waals surface area (Å²) in [4.78, 5) is 17.1. The summed E-state index contributed by atoms with van der Waals surface area (Å²) in [7, 11) is 0. The van der Waals surface area contributed by atoms with E-state index in [9.17, 15) is 4.39 Å². The third-order valence-corrected chi connectivity index (χ3v) is 5.16. The van der Waals surface area contributed by atoms with E-state index in [0.29, 0.717) is 36.2 Å². The number of hydrogen-bond donors (Lipinski definition) is 0. The van der Waals surface area contributed by atoms with Crippen LogP contribution in [0.25, 0.3) is 0 Å². The molecule has 4 heterocycles. The molecule has 1 saturated heterocycles. The zero-order valence-corrected chi connectivity index (χ0v) is 15.8. The normalized spacial score (nSPS) is 20.5. The third kappa shape index (κ3) is 3.43. The number of hydrogen-bond acceptors (Lipinski definition) is 8. The molecule has 2 aromatic rings. The number of anilines is 1. The van der Waals surface area contributed by atoms with Gasteiger partial charge in [0.05, 0.1) is 24.1 Å². The number of ether oxygens (including phenoxy) is 2. The molecule has 4 rings (SSSR count). The van der Waals surface area contributed by atoms with E-state index >= 15 is 0 Å². The summed E-state index contributed by atoms with van der Waals surface area (Å²) in [5.74, 6) is 1.07. The van der Waals surface area contributed by atoms with E-state index in [0.717, 1.165) is 25.5 Å². The first-order valence-corrected chi connectivity index (χ1v) is 9.25. The molecule has 0 unspecified atom stereocenters. The van der Waals surface area contributed by atoms with Crippen LogP contribution in [0.15, 0.2) is 18.5 Å². The van der Waals surface area contributed by atoms with Gasteiger partial charge in [0, 0.05) is 31.7 Å². The third-order valence-electron chi connectivity index (χ3n) is 5.16. The minimum Gasteiger partial charge on any atom is -0.484 e. The molecule has 0 N–H and O–H groups in total. The van der Waals surface area contributed by atoms with Crippen molar-refractivity contribution >= 4 is 5.82 Å². The molecule has 0 saturated carbocycles. The maximum atomic E-state index is 14.6. The van der Waals surface area contributed by atoms with Gasteiger partial charge in [-0.3, -0.25) is 4.90 Å². The van der Waals surface area contributed by atoms with Crippen LogP contribution in [0.5, 0.6) is 11.6 Å². The quantitative estimate of drug-likeness (QED) is 0.793. The van der Waals surface area contributed by atoms with Crippen molar-refractivity contribution in [2.24, 2.45) is 0 Å². The number of pyridine rings is 1. The fraction of sp³-hybridized carbons (Fsp3) is 0.474. The Bertz CT molecular complexity index is 901. The molecule has 0 aliphatic carbocycles. The number of halogens is 1. The molecule has 0 bridgehead atoms. The van der Waals surface area contributed by atoms with Gasteiger partial charge in [0.2, 0.25) is 0 Å². The molecule has 1 fully saturated rings. The highest BCUT2D eigenvalue weighted by molar-refractivity contribution is 5.39. The van der Waals surface area contributed by atoms with Crippen LogP contribution in [0, 0.1) is 17.1 Å². The molecule has 0 amide bonds. The highest BCUT2D eigenvalue weighted by Crippen LogP contribution is 2.34. The van der Waals surface area contributed by atoms with Crippen LogP contribution in [-0.4, -0.2) is 58.7 Å². The zero-order chi connectivity index (χ0) is 19.7. The number of nitrogens with zero attached hydrogens (tertiary/aromatic N) is 6. The Kier molecular flexibility index (Phi) is 4.96. The summed E-state index contributed by atoms with van der Waals surface area (Å²) in [5.41, 5.74) is 0.659. The molecule has 28 heavy (non-hydrogen) atoms. The summed E-state index contributed by atoms with van der Waals surface area (Å²) in [6.45, 7) is 7.03. The van der Waals surface area contributed by atoms with Crippen LogP contribution in [-0.2, 0) is 0 Å². The number of piperazine rings is 1. The monoisotopic (exact) mass is 384 g/mol. The topological polar surface area (TPSA) is 87.4 Å². The number of fused-ring (bicyclic) bond motifs is 1. The average molecular weight is 384 g/mol. The van der Waals surface area contributed by atoms with Crippen molar-refractivity contribution in [1.29, 1.82) is 5.26 Å². The van der Waals surface area contributed by atoms with Crippen LogP contribution in [0.2, 0.25) is 0 Å². The van der Waals surface area contributed by atoms with E-state index in [-0.39, 0.29) is 17.9 Å². The smallest absolute Gasteiger partial charge is 0.257 e. The Morgan fingerprint density at radius 2 is 2.07 bits per heavy atom. The van der Waals surface area contributed by atoms with E-state index in [4.69, 9.17) is 14.7 Å². The minimum atomic E-state index is -0.385. The largest absolute Gasteiger partial charge is 0.484 e. The van der Waals surface area contributed by atoms with Gasteiger partial charge in [-0.1, -0.05) is 0 Å². The van der Waals surface area contributed by atoms with E-state index in [2.05, 4.69) is 31.7 Å². The number of rotatable bonds is 3. The standard InChI is InChI=1S/C19H21FN6O2/c1-12-11-25(17-10-22-14(8-21)9-23-17)3-4-26(12)13(2)18-15(20)7-16-19(24-18)28-6-5-27-16/h7,9-10,12-13H,3-6,11H2,1-2H3/t12-,13+/m0/s1. The highest BCUT2D eigenvalue weighted by Gasteiger charge is 2.31. The van der Waals surface area contributed by atoms with Crippen molar-refractivity contribution in [3.05, 3.63) is 35.7 Å². The highest BCUT2D eigenvalue weighted by atomic mass is 19.1. The van der Waals surface area contributed by atoms with E-state index in [1.165, 1.54) is 12.3 Å². The van der Waals surface area contributed by atoms with E-state index in [1.807, 2.05) is 13.0 Å². The van der Waals surface area contributed by atoms with Crippen molar-refractivity contribution < 1.29 is 13.9 Å². The second kappa shape index (κ2) is 7.56. The van der Waals surface area contributed by atoms with Crippen molar-refractivity contribution in [2.45, 2.75) is 25.9 Å². The predicted molar refractivity (Wildman–Crippen MR) is 98.7 cm³/mol. The van der Waals surface area contributed by atoms with Crippen molar-refractivity contribution in [3.63, 3.8) is 0 Å². The summed E-state index contributed by atoms with van der Waals surface area (Å²) in [5, 5.41) is 8.86. The van der Waals surface area contributed by atoms with Gasteiger partial charge in [-0.15, -0.1) is 0 Å². The van der Waals surface area contributed by atoms with E-state index < -0.39 is 0 Å². The predicted octanol–water partition coefficient (Wildman–Crippen LogP) is 1.93. The summed E-state index contributed by atoms with van der Waals surface area (Å²) in [6, 6.07) is 3.27. The van der Waals surface area contributed by atoms with Gasteiger partial charge >= 0.3 is 0 Å². The van der Waals surface area contributed by atoms with Crippen molar-refractivity contribution in [2.75, 3.05) is 37.7 Å². The fourth-order valence-corrected chi connectivity index (χ4v) is 3.71. The average Bonchev–Trinajstić information content (AvgIpc) is 2.72. The molecule has 2 aromatic heterocycles. The summed E-state index contributed by atoms with van der Waals surface area (Å²) in [6.07, 6.45) is 3.09. The van der Waals surface area contributed by atoms with Crippen LogP contribution >= 0.6 is 0 Å². The first-order valence-electron chi connectivity index (χ1n) is 9.25. The maximum Gasteiger partial charge on any atom is 0.257 e. The molecule has 146 valence electrons. The zero-order valence-electron chi connectivity index (χ0n) is 15.8. The molecular formula is C19H21FN6O2. The molecular weight excluding hydrogens is 363 g/mol. The molecule has 0 radical (unpaired) electrons. The first kappa shape index (κ1) is 18.4. The minimum absolute atomic E-state index is 0.149. The van der Waals surface area contributed by atoms with Gasteiger partial charge in [-0.05, 0) is 13.8 Å².